The summed E-state index contributed by atoms with van der Waals surface area (Å²) in [4.78, 5) is 0.646. The summed E-state index contributed by atoms with van der Waals surface area (Å²) in [6.07, 6.45) is 2.04. The third-order valence-corrected chi connectivity index (χ3v) is 2.27. The summed E-state index contributed by atoms with van der Waals surface area (Å²) in [6, 6.07) is 0. The van der Waals surface area contributed by atoms with Gasteiger partial charge in [-0.15, -0.1) is 0 Å². The maximum absolute atomic E-state index is 5.55. The van der Waals surface area contributed by atoms with Crippen LogP contribution in [0.5, 0.6) is 0 Å². The highest BCUT2D eigenvalue weighted by molar-refractivity contribution is 7.80. The molecule has 0 unspecified atom stereocenters. The predicted molar refractivity (Wildman–Crippen MR) is 45.3 cm³/mol. The fourth-order valence-corrected chi connectivity index (χ4v) is 1.42. The van der Waals surface area contributed by atoms with Crippen molar-refractivity contribution in [1.82, 2.24) is 5.01 Å². The summed E-state index contributed by atoms with van der Waals surface area (Å²) in [7, 11) is 0. The minimum atomic E-state index is 0.426. The number of rotatable bonds is 1. The maximum Gasteiger partial charge on any atom is 0.0759 e. The molecule has 58 valence electrons. The number of thiocarbonyl (C=S) groups is 1. The highest BCUT2D eigenvalue weighted by Crippen LogP contribution is 2.14. The largest absolute Gasteiger partial charge is 0.393 e. The Bertz CT molecular complexity index is 129. The van der Waals surface area contributed by atoms with Crippen LogP contribution in [0.15, 0.2) is 0 Å². The van der Waals surface area contributed by atoms with Crippen LogP contribution in [0.2, 0.25) is 0 Å². The average Bonchev–Trinajstić information content (AvgIpc) is 1.88. The fourth-order valence-electron chi connectivity index (χ4n) is 1.18. The van der Waals surface area contributed by atoms with E-state index in [1.54, 1.807) is 0 Å². The van der Waals surface area contributed by atoms with E-state index in [4.69, 9.17) is 23.8 Å². The molecular weight excluding hydrogens is 146 g/mol. The van der Waals surface area contributed by atoms with Gasteiger partial charge in [0.2, 0.25) is 0 Å². The van der Waals surface area contributed by atoms with E-state index in [0.29, 0.717) is 10.9 Å². The van der Waals surface area contributed by atoms with Crippen LogP contribution in [0.3, 0.4) is 0 Å². The molecule has 0 aliphatic carbocycles. The van der Waals surface area contributed by atoms with E-state index < -0.39 is 0 Å². The van der Waals surface area contributed by atoms with Crippen molar-refractivity contribution in [2.45, 2.75) is 12.8 Å². The summed E-state index contributed by atoms with van der Waals surface area (Å²) < 4.78 is 0. The first-order chi connectivity index (χ1) is 4.70. The van der Waals surface area contributed by atoms with Gasteiger partial charge < -0.3 is 5.73 Å². The van der Waals surface area contributed by atoms with Crippen molar-refractivity contribution in [1.29, 1.82) is 0 Å². The van der Waals surface area contributed by atoms with Crippen LogP contribution < -0.4 is 11.6 Å². The summed E-state index contributed by atoms with van der Waals surface area (Å²) in [6.45, 7) is 1.84. The van der Waals surface area contributed by atoms with Crippen molar-refractivity contribution in [3.05, 3.63) is 0 Å². The van der Waals surface area contributed by atoms with Crippen LogP contribution in [-0.4, -0.2) is 23.1 Å². The number of hydrogen-bond acceptors (Lipinski definition) is 3. The Balaban J connectivity index is 2.33. The van der Waals surface area contributed by atoms with E-state index in [-0.39, 0.29) is 0 Å². The second-order valence-corrected chi connectivity index (χ2v) is 3.18. The molecule has 0 radical (unpaired) electrons. The lowest BCUT2D eigenvalue weighted by Crippen LogP contribution is -2.41. The minimum absolute atomic E-state index is 0.426. The molecule has 1 heterocycles. The standard InChI is InChI=1S/C6H13N3S/c7-6(10)5-1-3-9(8)4-2-5/h5H,1-4,8H2,(H2,7,10). The molecule has 1 saturated heterocycles. The van der Waals surface area contributed by atoms with Gasteiger partial charge in [0.05, 0.1) is 4.99 Å². The molecule has 1 fully saturated rings. The molecular formula is C6H13N3S. The third kappa shape index (κ3) is 1.90. The zero-order chi connectivity index (χ0) is 7.56. The normalized spacial score (nSPS) is 22.9. The van der Waals surface area contributed by atoms with Crippen molar-refractivity contribution in [2.75, 3.05) is 13.1 Å². The van der Waals surface area contributed by atoms with E-state index >= 15 is 0 Å². The van der Waals surface area contributed by atoms with Crippen molar-refractivity contribution in [3.8, 4) is 0 Å². The van der Waals surface area contributed by atoms with Crippen LogP contribution >= 0.6 is 12.2 Å². The van der Waals surface area contributed by atoms with Crippen LogP contribution in [0.25, 0.3) is 0 Å². The van der Waals surface area contributed by atoms with Gasteiger partial charge in [0.25, 0.3) is 0 Å². The fraction of sp³-hybridized carbons (Fsp3) is 0.833. The van der Waals surface area contributed by atoms with Gasteiger partial charge in [0.1, 0.15) is 0 Å². The SMILES string of the molecule is NC(=S)C1CCN(N)CC1. The van der Waals surface area contributed by atoms with Crippen LogP contribution in [0.4, 0.5) is 0 Å². The number of hydrogen-bond donors (Lipinski definition) is 2. The first-order valence-electron chi connectivity index (χ1n) is 3.49. The van der Waals surface area contributed by atoms with E-state index in [1.807, 2.05) is 5.01 Å². The van der Waals surface area contributed by atoms with Crippen molar-refractivity contribution in [3.63, 3.8) is 0 Å². The average molecular weight is 159 g/mol. The molecule has 4 N–H and O–H groups in total. The van der Waals surface area contributed by atoms with Gasteiger partial charge in [-0.25, -0.2) is 5.01 Å². The second-order valence-electron chi connectivity index (χ2n) is 2.71. The Kier molecular flexibility index (Phi) is 2.59. The Labute approximate surface area is 66.3 Å². The molecule has 10 heavy (non-hydrogen) atoms. The lowest BCUT2D eigenvalue weighted by atomic mass is 9.98. The minimum Gasteiger partial charge on any atom is -0.393 e. The molecule has 1 aliphatic heterocycles. The van der Waals surface area contributed by atoms with Crippen LogP contribution in [0, 0.1) is 5.92 Å². The monoisotopic (exact) mass is 159 g/mol. The van der Waals surface area contributed by atoms with Gasteiger partial charge in [0, 0.05) is 19.0 Å². The van der Waals surface area contributed by atoms with Gasteiger partial charge in [-0.3, -0.25) is 5.84 Å². The molecule has 0 saturated carbocycles. The quantitative estimate of drug-likeness (QED) is 0.413. The highest BCUT2D eigenvalue weighted by Gasteiger charge is 2.18. The molecule has 0 spiro atoms. The number of hydrazine groups is 1. The molecule has 1 rings (SSSR count). The number of nitrogens with two attached hydrogens (primary N) is 2. The summed E-state index contributed by atoms with van der Waals surface area (Å²) in [5, 5.41) is 1.81. The van der Waals surface area contributed by atoms with Crippen molar-refractivity contribution < 1.29 is 0 Å². The smallest absolute Gasteiger partial charge is 0.0759 e. The highest BCUT2D eigenvalue weighted by atomic mass is 32.1. The van der Waals surface area contributed by atoms with E-state index in [2.05, 4.69) is 0 Å². The second kappa shape index (κ2) is 3.27. The number of piperidine rings is 1. The lowest BCUT2D eigenvalue weighted by Gasteiger charge is -2.27. The summed E-state index contributed by atoms with van der Waals surface area (Å²) in [5.41, 5.74) is 5.48. The molecule has 0 aromatic heterocycles. The zero-order valence-electron chi connectivity index (χ0n) is 5.92. The maximum atomic E-state index is 5.55. The Hall–Kier alpha value is -0.190. The van der Waals surface area contributed by atoms with Gasteiger partial charge >= 0.3 is 0 Å². The molecule has 1 aliphatic rings. The number of nitrogens with zero attached hydrogens (tertiary/aromatic N) is 1. The Morgan fingerprint density at radius 1 is 1.40 bits per heavy atom. The van der Waals surface area contributed by atoms with Crippen LogP contribution in [-0.2, 0) is 0 Å². The van der Waals surface area contributed by atoms with Gasteiger partial charge in [-0.2, -0.15) is 0 Å². The van der Waals surface area contributed by atoms with Crippen molar-refractivity contribution >= 4 is 17.2 Å². The molecule has 0 atom stereocenters. The first-order valence-corrected chi connectivity index (χ1v) is 3.90. The summed E-state index contributed by atoms with van der Waals surface area (Å²) in [5.74, 6) is 5.97. The van der Waals surface area contributed by atoms with E-state index in [0.717, 1.165) is 25.9 Å². The molecule has 0 aromatic carbocycles. The van der Waals surface area contributed by atoms with Crippen LogP contribution in [0.1, 0.15) is 12.8 Å². The Morgan fingerprint density at radius 2 is 1.90 bits per heavy atom. The Morgan fingerprint density at radius 3 is 2.30 bits per heavy atom. The van der Waals surface area contributed by atoms with Gasteiger partial charge in [-0.1, -0.05) is 12.2 Å². The van der Waals surface area contributed by atoms with E-state index in [1.165, 1.54) is 0 Å². The molecule has 0 amide bonds. The molecule has 4 heteroatoms. The molecule has 3 nitrogen and oxygen atoms in total. The topological polar surface area (TPSA) is 55.3 Å². The first kappa shape index (κ1) is 7.91. The molecule has 0 bridgehead atoms. The zero-order valence-corrected chi connectivity index (χ0v) is 6.73. The summed E-state index contributed by atoms with van der Waals surface area (Å²) >= 11 is 4.87. The predicted octanol–water partition coefficient (Wildman–Crippen LogP) is -0.142. The lowest BCUT2D eigenvalue weighted by molar-refractivity contribution is 0.215. The third-order valence-electron chi connectivity index (χ3n) is 1.93. The van der Waals surface area contributed by atoms with Crippen molar-refractivity contribution in [2.24, 2.45) is 17.5 Å². The molecule has 0 aromatic rings. The van der Waals surface area contributed by atoms with E-state index in [9.17, 15) is 0 Å². The van der Waals surface area contributed by atoms with Gasteiger partial charge in [0.15, 0.2) is 0 Å². The van der Waals surface area contributed by atoms with Gasteiger partial charge in [-0.05, 0) is 12.8 Å².